The largest absolute Gasteiger partial charge is 0.493 e. The number of benzene rings is 3. The number of hydrogen-bond acceptors (Lipinski definition) is 6. The zero-order chi connectivity index (χ0) is 28.7. The molecule has 0 radical (unpaired) electrons. The van der Waals surface area contributed by atoms with Crippen LogP contribution in [-0.4, -0.2) is 59.0 Å². The molecule has 2 amide bonds. The van der Waals surface area contributed by atoms with E-state index in [-0.39, 0.29) is 22.9 Å². The van der Waals surface area contributed by atoms with E-state index in [1.54, 1.807) is 55.5 Å². The molecule has 0 aliphatic carbocycles. The van der Waals surface area contributed by atoms with Crippen molar-refractivity contribution in [3.63, 3.8) is 0 Å². The highest BCUT2D eigenvalue weighted by atomic mass is 35.5. The number of sulfonamides is 1. The minimum atomic E-state index is -4.26. The van der Waals surface area contributed by atoms with E-state index in [0.717, 1.165) is 9.87 Å². The van der Waals surface area contributed by atoms with E-state index < -0.39 is 34.4 Å². The van der Waals surface area contributed by atoms with Crippen LogP contribution in [0.5, 0.6) is 11.5 Å². The molecule has 0 spiro atoms. The first-order chi connectivity index (χ1) is 18.5. The van der Waals surface area contributed by atoms with Gasteiger partial charge in [0.05, 0.1) is 24.8 Å². The minimum absolute atomic E-state index is 0.00520. The molecule has 0 saturated carbocycles. The number of halogens is 1. The van der Waals surface area contributed by atoms with Crippen molar-refractivity contribution in [2.45, 2.75) is 31.3 Å². The lowest BCUT2D eigenvalue weighted by atomic mass is 10.1. The van der Waals surface area contributed by atoms with Crippen LogP contribution in [0.2, 0.25) is 5.02 Å². The number of carbonyl (C=O) groups is 2. The highest BCUT2D eigenvalue weighted by Crippen LogP contribution is 2.32. The lowest BCUT2D eigenvalue weighted by Gasteiger charge is -2.32. The molecule has 208 valence electrons. The number of amides is 2. The molecular formula is C28H32ClN3O6S. The van der Waals surface area contributed by atoms with Gasteiger partial charge in [0.2, 0.25) is 11.8 Å². The Kier molecular flexibility index (Phi) is 9.82. The molecule has 0 saturated heterocycles. The molecule has 0 aromatic heterocycles. The monoisotopic (exact) mass is 573 g/mol. The van der Waals surface area contributed by atoms with E-state index in [4.69, 9.17) is 21.1 Å². The molecule has 9 nitrogen and oxygen atoms in total. The number of likely N-dealkylation sites (N-methyl/N-ethyl adjacent to an activating group) is 1. The number of hydrogen-bond donors (Lipinski definition) is 1. The molecule has 3 aromatic rings. The summed E-state index contributed by atoms with van der Waals surface area (Å²) in [6, 6.07) is 17.0. The summed E-state index contributed by atoms with van der Waals surface area (Å²) in [5.74, 6) is -0.405. The predicted molar refractivity (Wildman–Crippen MR) is 151 cm³/mol. The summed E-state index contributed by atoms with van der Waals surface area (Å²) >= 11 is 6.35. The van der Waals surface area contributed by atoms with Gasteiger partial charge in [-0.25, -0.2) is 8.42 Å². The van der Waals surface area contributed by atoms with E-state index in [0.29, 0.717) is 16.3 Å². The van der Waals surface area contributed by atoms with Gasteiger partial charge in [0.1, 0.15) is 12.6 Å². The van der Waals surface area contributed by atoms with Crippen molar-refractivity contribution in [2.75, 3.05) is 32.1 Å². The zero-order valence-corrected chi connectivity index (χ0v) is 24.0. The summed E-state index contributed by atoms with van der Waals surface area (Å²) in [5, 5.41) is 2.97. The fraction of sp³-hybridized carbons (Fsp3) is 0.286. The minimum Gasteiger partial charge on any atom is -0.493 e. The number of anilines is 1. The van der Waals surface area contributed by atoms with Crippen LogP contribution >= 0.6 is 11.6 Å². The SMILES string of the molecule is CNC(=O)[C@@H](C)N(Cc1ccccc1Cl)C(=O)CN(c1ccc(C)cc1)S(=O)(=O)c1ccc(OC)c(OC)c1. The maximum atomic E-state index is 14.0. The first kappa shape index (κ1) is 29.8. The van der Waals surface area contributed by atoms with Crippen molar-refractivity contribution < 1.29 is 27.5 Å². The van der Waals surface area contributed by atoms with Crippen LogP contribution in [0, 0.1) is 6.92 Å². The van der Waals surface area contributed by atoms with Crippen LogP contribution in [0.15, 0.2) is 71.6 Å². The fourth-order valence-electron chi connectivity index (χ4n) is 3.95. The number of nitrogens with one attached hydrogen (secondary N) is 1. The van der Waals surface area contributed by atoms with Crippen molar-refractivity contribution in [1.82, 2.24) is 10.2 Å². The van der Waals surface area contributed by atoms with Crippen LogP contribution < -0.4 is 19.1 Å². The number of nitrogens with zero attached hydrogens (tertiary/aromatic N) is 2. The van der Waals surface area contributed by atoms with Gasteiger partial charge in [-0.15, -0.1) is 0 Å². The Hall–Kier alpha value is -3.76. The van der Waals surface area contributed by atoms with Gasteiger partial charge in [0.25, 0.3) is 10.0 Å². The standard InChI is InChI=1S/C28H32ClN3O6S/c1-19-10-12-22(13-11-19)32(39(35,36)23-14-15-25(37-4)26(16-23)38-5)18-27(33)31(20(2)28(34)30-3)17-21-8-6-7-9-24(21)29/h6-16,20H,17-18H2,1-5H3,(H,30,34)/t20-/m1/s1. The van der Waals surface area contributed by atoms with Crippen molar-refractivity contribution in [2.24, 2.45) is 0 Å². The van der Waals surface area contributed by atoms with Crippen LogP contribution in [0.3, 0.4) is 0 Å². The van der Waals surface area contributed by atoms with Crippen LogP contribution in [0.25, 0.3) is 0 Å². The summed E-state index contributed by atoms with van der Waals surface area (Å²) in [4.78, 5) is 27.6. The Morgan fingerprint density at radius 2 is 1.62 bits per heavy atom. The second-order valence-corrected chi connectivity index (χ2v) is 11.0. The van der Waals surface area contributed by atoms with Gasteiger partial charge in [-0.2, -0.15) is 0 Å². The first-order valence-corrected chi connectivity index (χ1v) is 13.9. The molecule has 0 bridgehead atoms. The van der Waals surface area contributed by atoms with E-state index in [1.807, 2.05) is 6.92 Å². The Labute approximate surface area is 234 Å². The van der Waals surface area contributed by atoms with Crippen molar-refractivity contribution in [1.29, 1.82) is 0 Å². The van der Waals surface area contributed by atoms with Gasteiger partial charge in [-0.1, -0.05) is 47.5 Å². The van der Waals surface area contributed by atoms with Crippen LogP contribution in [0.1, 0.15) is 18.1 Å². The fourth-order valence-corrected chi connectivity index (χ4v) is 5.57. The van der Waals surface area contributed by atoms with Gasteiger partial charge < -0.3 is 19.7 Å². The molecule has 11 heteroatoms. The van der Waals surface area contributed by atoms with Crippen LogP contribution in [0.4, 0.5) is 5.69 Å². The Balaban J connectivity index is 2.08. The predicted octanol–water partition coefficient (Wildman–Crippen LogP) is 4.02. The second-order valence-electron chi connectivity index (χ2n) is 8.77. The highest BCUT2D eigenvalue weighted by Gasteiger charge is 2.33. The lowest BCUT2D eigenvalue weighted by molar-refractivity contribution is -0.139. The molecule has 1 atom stereocenters. The average Bonchev–Trinajstić information content (AvgIpc) is 2.94. The normalized spacial score (nSPS) is 11.8. The maximum Gasteiger partial charge on any atom is 0.264 e. The summed E-state index contributed by atoms with van der Waals surface area (Å²) in [7, 11) is 0.0613. The van der Waals surface area contributed by atoms with Crippen molar-refractivity contribution in [3.8, 4) is 11.5 Å². The third-order valence-corrected chi connectivity index (χ3v) is 8.39. The number of methoxy groups -OCH3 is 2. The Bertz CT molecular complexity index is 1430. The summed E-state index contributed by atoms with van der Waals surface area (Å²) in [6.07, 6.45) is 0. The summed E-state index contributed by atoms with van der Waals surface area (Å²) in [6.45, 7) is 2.89. The summed E-state index contributed by atoms with van der Waals surface area (Å²) in [5.41, 5.74) is 1.82. The van der Waals surface area contributed by atoms with E-state index in [2.05, 4.69) is 5.32 Å². The van der Waals surface area contributed by atoms with Gasteiger partial charge in [0, 0.05) is 24.7 Å². The van der Waals surface area contributed by atoms with Crippen molar-refractivity contribution >= 4 is 39.1 Å². The molecular weight excluding hydrogens is 542 g/mol. The van der Waals surface area contributed by atoms with E-state index in [1.165, 1.54) is 44.4 Å². The van der Waals surface area contributed by atoms with Gasteiger partial charge >= 0.3 is 0 Å². The number of aryl methyl sites for hydroxylation is 1. The molecule has 0 fully saturated rings. The Morgan fingerprint density at radius 1 is 0.974 bits per heavy atom. The molecule has 3 rings (SSSR count). The molecule has 0 aliphatic rings. The quantitative estimate of drug-likeness (QED) is 0.371. The molecule has 1 N–H and O–H groups in total. The third kappa shape index (κ3) is 6.82. The van der Waals surface area contributed by atoms with Gasteiger partial charge in [-0.05, 0) is 49.7 Å². The lowest BCUT2D eigenvalue weighted by Crippen LogP contribution is -2.50. The van der Waals surface area contributed by atoms with Crippen molar-refractivity contribution in [3.05, 3.63) is 82.9 Å². The molecule has 0 heterocycles. The average molecular weight is 574 g/mol. The summed E-state index contributed by atoms with van der Waals surface area (Å²) < 4.78 is 39.5. The molecule has 0 unspecified atom stereocenters. The molecule has 0 aliphatic heterocycles. The number of ether oxygens (including phenoxy) is 2. The zero-order valence-electron chi connectivity index (χ0n) is 22.5. The number of carbonyl (C=O) groups excluding carboxylic acids is 2. The topological polar surface area (TPSA) is 105 Å². The first-order valence-electron chi connectivity index (χ1n) is 12.1. The third-order valence-electron chi connectivity index (χ3n) is 6.26. The smallest absolute Gasteiger partial charge is 0.264 e. The molecule has 3 aromatic carbocycles. The number of rotatable bonds is 11. The van der Waals surface area contributed by atoms with E-state index in [9.17, 15) is 18.0 Å². The maximum absolute atomic E-state index is 14.0. The Morgan fingerprint density at radius 3 is 2.21 bits per heavy atom. The highest BCUT2D eigenvalue weighted by molar-refractivity contribution is 7.92. The second kappa shape index (κ2) is 12.9. The van der Waals surface area contributed by atoms with E-state index >= 15 is 0 Å². The van der Waals surface area contributed by atoms with Crippen LogP contribution in [-0.2, 0) is 26.2 Å². The van der Waals surface area contributed by atoms with Gasteiger partial charge in [-0.3, -0.25) is 13.9 Å². The van der Waals surface area contributed by atoms with Gasteiger partial charge in [0.15, 0.2) is 11.5 Å². The molecule has 39 heavy (non-hydrogen) atoms.